The highest BCUT2D eigenvalue weighted by atomic mass is 32.1. The van der Waals surface area contributed by atoms with Crippen LogP contribution >= 0.6 is 11.3 Å². The Labute approximate surface area is 79.8 Å². The van der Waals surface area contributed by atoms with Gasteiger partial charge in [-0.25, -0.2) is 0 Å². The molecule has 0 radical (unpaired) electrons. The van der Waals surface area contributed by atoms with Gasteiger partial charge in [0.25, 0.3) is 6.47 Å². The van der Waals surface area contributed by atoms with Gasteiger partial charge in [0, 0.05) is 4.70 Å². The average molecular weight is 192 g/mol. The molecule has 0 aliphatic heterocycles. The Morgan fingerprint density at radius 1 is 1.38 bits per heavy atom. The molecule has 0 saturated heterocycles. The lowest BCUT2D eigenvalue weighted by Gasteiger charge is -1.98. The maximum absolute atomic E-state index is 9.97. The zero-order chi connectivity index (χ0) is 9.10. The van der Waals surface area contributed by atoms with Gasteiger partial charge < -0.3 is 4.74 Å². The molecule has 2 aromatic rings. The van der Waals surface area contributed by atoms with E-state index < -0.39 is 0 Å². The number of benzene rings is 1. The van der Waals surface area contributed by atoms with E-state index in [0.29, 0.717) is 13.1 Å². The smallest absolute Gasteiger partial charge is 0.293 e. The molecule has 1 aromatic heterocycles. The third-order valence-corrected chi connectivity index (χ3v) is 2.73. The lowest BCUT2D eigenvalue weighted by Crippen LogP contribution is -1.88. The summed E-state index contributed by atoms with van der Waals surface area (Å²) >= 11 is 1.71. The number of rotatable bonds is 3. The highest BCUT2D eigenvalue weighted by molar-refractivity contribution is 7.17. The van der Waals surface area contributed by atoms with Crippen LogP contribution in [-0.2, 0) is 16.1 Å². The lowest BCUT2D eigenvalue weighted by atomic mass is 10.2. The van der Waals surface area contributed by atoms with Crippen LogP contribution < -0.4 is 0 Å². The number of ether oxygens (including phenoxy) is 1. The first-order valence-electron chi connectivity index (χ1n) is 3.91. The number of hydrogen-bond donors (Lipinski definition) is 0. The summed E-state index contributed by atoms with van der Waals surface area (Å²) in [7, 11) is 0. The van der Waals surface area contributed by atoms with Crippen LogP contribution in [0.3, 0.4) is 0 Å². The summed E-state index contributed by atoms with van der Waals surface area (Å²) in [6.07, 6.45) is 0. The van der Waals surface area contributed by atoms with E-state index in [0.717, 1.165) is 5.56 Å². The molecule has 1 heterocycles. The van der Waals surface area contributed by atoms with Gasteiger partial charge in [0.2, 0.25) is 0 Å². The van der Waals surface area contributed by atoms with E-state index in [1.165, 1.54) is 10.1 Å². The van der Waals surface area contributed by atoms with Gasteiger partial charge in [0.1, 0.15) is 6.61 Å². The second-order valence-corrected chi connectivity index (χ2v) is 3.65. The lowest BCUT2D eigenvalue weighted by molar-refractivity contribution is -0.129. The van der Waals surface area contributed by atoms with Gasteiger partial charge in [-0.05, 0) is 34.5 Å². The number of hydrogen-bond acceptors (Lipinski definition) is 3. The number of thiophene rings is 1. The number of carbonyl (C=O) groups is 1. The molecule has 0 amide bonds. The van der Waals surface area contributed by atoms with Crippen LogP contribution in [0.1, 0.15) is 5.56 Å². The van der Waals surface area contributed by atoms with E-state index in [4.69, 9.17) is 0 Å². The van der Waals surface area contributed by atoms with Crippen molar-refractivity contribution in [3.63, 3.8) is 0 Å². The summed E-state index contributed by atoms with van der Waals surface area (Å²) in [5.41, 5.74) is 1.03. The van der Waals surface area contributed by atoms with Crippen molar-refractivity contribution in [2.45, 2.75) is 6.61 Å². The van der Waals surface area contributed by atoms with E-state index in [2.05, 4.69) is 16.2 Å². The molecule has 1 aromatic carbocycles. The molecule has 0 aliphatic carbocycles. The van der Waals surface area contributed by atoms with Crippen LogP contribution in [0.15, 0.2) is 29.6 Å². The predicted octanol–water partition coefficient (Wildman–Crippen LogP) is 2.57. The third kappa shape index (κ3) is 1.70. The largest absolute Gasteiger partial charge is 0.463 e. The molecule has 2 rings (SSSR count). The highest BCUT2D eigenvalue weighted by Crippen LogP contribution is 2.21. The quantitative estimate of drug-likeness (QED) is 0.698. The Bertz CT molecular complexity index is 420. The molecule has 3 heteroatoms. The van der Waals surface area contributed by atoms with Crippen LogP contribution in [0.25, 0.3) is 10.1 Å². The van der Waals surface area contributed by atoms with E-state index in [1.807, 2.05) is 18.2 Å². The van der Waals surface area contributed by atoms with E-state index >= 15 is 0 Å². The summed E-state index contributed by atoms with van der Waals surface area (Å²) in [5, 5.41) is 3.26. The van der Waals surface area contributed by atoms with Crippen molar-refractivity contribution in [2.75, 3.05) is 0 Å². The van der Waals surface area contributed by atoms with Crippen molar-refractivity contribution in [1.29, 1.82) is 0 Å². The molecule has 0 N–H and O–H groups in total. The Kier molecular flexibility index (Phi) is 2.27. The molecule has 13 heavy (non-hydrogen) atoms. The zero-order valence-corrected chi connectivity index (χ0v) is 7.71. The number of fused-ring (bicyclic) bond motifs is 1. The summed E-state index contributed by atoms with van der Waals surface area (Å²) in [5.74, 6) is 0. The molecular weight excluding hydrogens is 184 g/mol. The Morgan fingerprint density at radius 2 is 2.31 bits per heavy atom. The molecule has 66 valence electrons. The predicted molar refractivity (Wildman–Crippen MR) is 52.7 cm³/mol. The first-order chi connectivity index (χ1) is 6.40. The van der Waals surface area contributed by atoms with Crippen LogP contribution in [-0.4, -0.2) is 6.47 Å². The van der Waals surface area contributed by atoms with Crippen molar-refractivity contribution in [3.05, 3.63) is 35.2 Å². The fraction of sp³-hybridized carbons (Fsp3) is 0.100. The minimum absolute atomic E-state index is 0.356. The standard InChI is InChI=1S/C10H8O2S/c11-7-12-6-8-1-2-10-9(5-8)3-4-13-10/h1-5,7H,6H2. The molecule has 0 atom stereocenters. The summed E-state index contributed by atoms with van der Waals surface area (Å²) < 4.78 is 5.93. The Morgan fingerprint density at radius 3 is 3.15 bits per heavy atom. The van der Waals surface area contributed by atoms with Gasteiger partial charge in [-0.1, -0.05) is 6.07 Å². The van der Waals surface area contributed by atoms with Crippen molar-refractivity contribution in [3.8, 4) is 0 Å². The van der Waals surface area contributed by atoms with Crippen LogP contribution in [0.4, 0.5) is 0 Å². The van der Waals surface area contributed by atoms with Gasteiger partial charge >= 0.3 is 0 Å². The molecule has 0 fully saturated rings. The summed E-state index contributed by atoms with van der Waals surface area (Å²) in [6, 6.07) is 8.12. The maximum atomic E-state index is 9.97. The van der Waals surface area contributed by atoms with Crippen LogP contribution in [0.2, 0.25) is 0 Å². The molecule has 0 saturated carbocycles. The first-order valence-corrected chi connectivity index (χ1v) is 4.79. The minimum Gasteiger partial charge on any atom is -0.463 e. The molecular formula is C10H8O2S. The maximum Gasteiger partial charge on any atom is 0.293 e. The van der Waals surface area contributed by atoms with Crippen molar-refractivity contribution in [2.24, 2.45) is 0 Å². The summed E-state index contributed by atoms with van der Waals surface area (Å²) in [4.78, 5) is 9.97. The normalized spacial score (nSPS) is 10.2. The molecule has 0 unspecified atom stereocenters. The Balaban J connectivity index is 2.31. The van der Waals surface area contributed by atoms with Gasteiger partial charge in [-0.15, -0.1) is 11.3 Å². The van der Waals surface area contributed by atoms with Crippen molar-refractivity contribution >= 4 is 27.9 Å². The topological polar surface area (TPSA) is 26.3 Å². The van der Waals surface area contributed by atoms with Gasteiger partial charge in [-0.3, -0.25) is 4.79 Å². The van der Waals surface area contributed by atoms with Gasteiger partial charge in [0.15, 0.2) is 0 Å². The Hall–Kier alpha value is -1.35. The van der Waals surface area contributed by atoms with Gasteiger partial charge in [0.05, 0.1) is 0 Å². The molecule has 0 bridgehead atoms. The number of carbonyl (C=O) groups excluding carboxylic acids is 1. The van der Waals surface area contributed by atoms with Crippen molar-refractivity contribution in [1.82, 2.24) is 0 Å². The second kappa shape index (κ2) is 3.58. The fourth-order valence-electron chi connectivity index (χ4n) is 1.24. The van der Waals surface area contributed by atoms with Crippen LogP contribution in [0.5, 0.6) is 0 Å². The molecule has 0 aliphatic rings. The highest BCUT2D eigenvalue weighted by Gasteiger charge is 1.97. The van der Waals surface area contributed by atoms with Gasteiger partial charge in [-0.2, -0.15) is 0 Å². The first kappa shape index (κ1) is 8.26. The second-order valence-electron chi connectivity index (χ2n) is 2.70. The van der Waals surface area contributed by atoms with E-state index in [-0.39, 0.29) is 0 Å². The van der Waals surface area contributed by atoms with Crippen LogP contribution in [0, 0.1) is 0 Å². The minimum atomic E-state index is 0.356. The van der Waals surface area contributed by atoms with E-state index in [9.17, 15) is 4.79 Å². The molecule has 2 nitrogen and oxygen atoms in total. The fourth-order valence-corrected chi connectivity index (χ4v) is 2.01. The SMILES string of the molecule is O=COCc1ccc2sccc2c1. The average Bonchev–Trinajstić information content (AvgIpc) is 2.61. The third-order valence-electron chi connectivity index (χ3n) is 1.83. The van der Waals surface area contributed by atoms with Crippen molar-refractivity contribution < 1.29 is 9.53 Å². The monoisotopic (exact) mass is 192 g/mol. The summed E-state index contributed by atoms with van der Waals surface area (Å²) in [6.45, 7) is 0.826. The zero-order valence-electron chi connectivity index (χ0n) is 6.90. The van der Waals surface area contributed by atoms with E-state index in [1.54, 1.807) is 11.3 Å². The molecule has 0 spiro atoms.